The SMILES string of the molecule is O=C(NCc1nc2ccccc2[nH]1)c1cccnc1OC1CCSC1. The molecule has 7 heteroatoms. The number of aromatic amines is 1. The lowest BCUT2D eigenvalue weighted by Gasteiger charge is -2.14. The van der Waals surface area contributed by atoms with E-state index in [1.807, 2.05) is 36.0 Å². The fraction of sp³-hybridized carbons (Fsp3) is 0.278. The molecule has 1 atom stereocenters. The van der Waals surface area contributed by atoms with Gasteiger partial charge in [-0.3, -0.25) is 4.79 Å². The fourth-order valence-electron chi connectivity index (χ4n) is 2.77. The molecule has 1 amide bonds. The number of nitrogens with one attached hydrogen (secondary N) is 2. The van der Waals surface area contributed by atoms with Gasteiger partial charge in [0.15, 0.2) is 0 Å². The van der Waals surface area contributed by atoms with Crippen LogP contribution in [0.3, 0.4) is 0 Å². The van der Waals surface area contributed by atoms with Gasteiger partial charge in [-0.05, 0) is 36.4 Å². The second-order valence-corrected chi connectivity index (χ2v) is 6.99. The van der Waals surface area contributed by atoms with E-state index in [0.29, 0.717) is 23.8 Å². The predicted molar refractivity (Wildman–Crippen MR) is 97.9 cm³/mol. The van der Waals surface area contributed by atoms with E-state index in [2.05, 4.69) is 20.3 Å². The standard InChI is InChI=1S/C18H18N4O2S/c23-17(20-10-16-21-14-5-1-2-6-15(14)22-16)13-4-3-8-19-18(13)24-12-7-9-25-11-12/h1-6,8,12H,7,9-11H2,(H,20,23)(H,21,22). The molecule has 0 spiro atoms. The van der Waals surface area contributed by atoms with Gasteiger partial charge in [0.1, 0.15) is 17.5 Å². The molecule has 1 unspecified atom stereocenters. The number of rotatable bonds is 5. The van der Waals surface area contributed by atoms with Crippen molar-refractivity contribution in [2.75, 3.05) is 11.5 Å². The summed E-state index contributed by atoms with van der Waals surface area (Å²) in [5.74, 6) is 2.93. The number of para-hydroxylation sites is 2. The molecule has 0 saturated carbocycles. The summed E-state index contributed by atoms with van der Waals surface area (Å²) in [6, 6.07) is 11.3. The summed E-state index contributed by atoms with van der Waals surface area (Å²) < 4.78 is 5.91. The molecular formula is C18H18N4O2S. The van der Waals surface area contributed by atoms with Gasteiger partial charge in [-0.15, -0.1) is 0 Å². The number of ether oxygens (including phenoxy) is 1. The minimum absolute atomic E-state index is 0.127. The van der Waals surface area contributed by atoms with Crippen LogP contribution in [0.15, 0.2) is 42.6 Å². The summed E-state index contributed by atoms with van der Waals surface area (Å²) >= 11 is 1.86. The maximum Gasteiger partial charge on any atom is 0.257 e. The molecule has 25 heavy (non-hydrogen) atoms. The third-order valence-corrected chi connectivity index (χ3v) is 5.17. The number of pyridine rings is 1. The molecule has 3 heterocycles. The number of amides is 1. The smallest absolute Gasteiger partial charge is 0.257 e. The van der Waals surface area contributed by atoms with Crippen LogP contribution in [0.1, 0.15) is 22.6 Å². The first-order chi connectivity index (χ1) is 12.3. The number of hydrogen-bond acceptors (Lipinski definition) is 5. The zero-order valence-electron chi connectivity index (χ0n) is 13.6. The molecule has 128 valence electrons. The first-order valence-electron chi connectivity index (χ1n) is 8.21. The van der Waals surface area contributed by atoms with Gasteiger partial charge < -0.3 is 15.0 Å². The Morgan fingerprint density at radius 1 is 1.32 bits per heavy atom. The van der Waals surface area contributed by atoms with E-state index in [1.54, 1.807) is 18.3 Å². The Labute approximate surface area is 149 Å². The van der Waals surface area contributed by atoms with E-state index in [4.69, 9.17) is 4.74 Å². The molecule has 0 radical (unpaired) electrons. The summed E-state index contributed by atoms with van der Waals surface area (Å²) in [5, 5.41) is 2.88. The first-order valence-corrected chi connectivity index (χ1v) is 9.36. The van der Waals surface area contributed by atoms with Crippen LogP contribution < -0.4 is 10.1 Å². The zero-order chi connectivity index (χ0) is 17.1. The molecular weight excluding hydrogens is 336 g/mol. The van der Waals surface area contributed by atoms with E-state index in [9.17, 15) is 4.79 Å². The summed E-state index contributed by atoms with van der Waals surface area (Å²) in [6.45, 7) is 0.321. The molecule has 3 aromatic rings. The monoisotopic (exact) mass is 354 g/mol. The normalized spacial score (nSPS) is 16.9. The van der Waals surface area contributed by atoms with Gasteiger partial charge in [-0.2, -0.15) is 11.8 Å². The average Bonchev–Trinajstić information content (AvgIpc) is 3.29. The van der Waals surface area contributed by atoms with Crippen molar-refractivity contribution >= 4 is 28.7 Å². The van der Waals surface area contributed by atoms with E-state index in [0.717, 1.165) is 29.0 Å². The van der Waals surface area contributed by atoms with Crippen LogP contribution in [0.5, 0.6) is 5.88 Å². The van der Waals surface area contributed by atoms with E-state index < -0.39 is 0 Å². The van der Waals surface area contributed by atoms with Gasteiger partial charge in [0, 0.05) is 11.9 Å². The van der Waals surface area contributed by atoms with Crippen molar-refractivity contribution in [1.29, 1.82) is 0 Å². The van der Waals surface area contributed by atoms with Crippen molar-refractivity contribution in [3.63, 3.8) is 0 Å². The zero-order valence-corrected chi connectivity index (χ0v) is 14.4. The first kappa shape index (κ1) is 16.0. The summed E-state index contributed by atoms with van der Waals surface area (Å²) in [4.78, 5) is 24.5. The van der Waals surface area contributed by atoms with Crippen LogP contribution in [-0.2, 0) is 6.54 Å². The molecule has 0 aliphatic carbocycles. The summed E-state index contributed by atoms with van der Waals surface area (Å²) in [6.07, 6.45) is 2.76. The topological polar surface area (TPSA) is 79.9 Å². The second-order valence-electron chi connectivity index (χ2n) is 5.84. The lowest BCUT2D eigenvalue weighted by atomic mass is 10.2. The molecule has 0 bridgehead atoms. The van der Waals surface area contributed by atoms with Crippen molar-refractivity contribution in [2.45, 2.75) is 19.1 Å². The maximum atomic E-state index is 12.5. The Hall–Kier alpha value is -2.54. The van der Waals surface area contributed by atoms with Crippen LogP contribution in [0.2, 0.25) is 0 Å². The number of aromatic nitrogens is 3. The lowest BCUT2D eigenvalue weighted by Crippen LogP contribution is -2.25. The van der Waals surface area contributed by atoms with E-state index in [-0.39, 0.29) is 12.0 Å². The number of nitrogens with zero attached hydrogens (tertiary/aromatic N) is 2. The molecule has 6 nitrogen and oxygen atoms in total. The number of fused-ring (bicyclic) bond motifs is 1. The van der Waals surface area contributed by atoms with Gasteiger partial charge in [0.25, 0.3) is 5.91 Å². The van der Waals surface area contributed by atoms with Crippen molar-refractivity contribution in [2.24, 2.45) is 0 Å². The van der Waals surface area contributed by atoms with Gasteiger partial charge in [-0.25, -0.2) is 9.97 Å². The Bertz CT molecular complexity index is 856. The van der Waals surface area contributed by atoms with Gasteiger partial charge in [0.2, 0.25) is 5.88 Å². The van der Waals surface area contributed by atoms with Crippen molar-refractivity contribution in [3.8, 4) is 5.88 Å². The molecule has 2 N–H and O–H groups in total. The van der Waals surface area contributed by atoms with Crippen LogP contribution >= 0.6 is 11.8 Å². The lowest BCUT2D eigenvalue weighted by molar-refractivity contribution is 0.0942. The average molecular weight is 354 g/mol. The quantitative estimate of drug-likeness (QED) is 0.736. The number of imidazole rings is 1. The summed E-state index contributed by atoms with van der Waals surface area (Å²) in [7, 11) is 0. The molecule has 1 aliphatic rings. The maximum absolute atomic E-state index is 12.5. The predicted octanol–water partition coefficient (Wildman–Crippen LogP) is 2.77. The van der Waals surface area contributed by atoms with Gasteiger partial charge in [-0.1, -0.05) is 12.1 Å². The number of thioether (sulfide) groups is 1. The van der Waals surface area contributed by atoms with Gasteiger partial charge in [0.05, 0.1) is 17.6 Å². The highest BCUT2D eigenvalue weighted by molar-refractivity contribution is 7.99. The Morgan fingerprint density at radius 2 is 2.24 bits per heavy atom. The minimum atomic E-state index is -0.214. The number of carbonyl (C=O) groups is 1. The molecule has 1 aliphatic heterocycles. The van der Waals surface area contributed by atoms with Gasteiger partial charge >= 0.3 is 0 Å². The summed E-state index contributed by atoms with van der Waals surface area (Å²) in [5.41, 5.74) is 2.29. The number of H-pyrrole nitrogens is 1. The van der Waals surface area contributed by atoms with Crippen molar-refractivity contribution in [3.05, 3.63) is 54.0 Å². The highest BCUT2D eigenvalue weighted by Gasteiger charge is 2.21. The number of carbonyl (C=O) groups excluding carboxylic acids is 1. The fourth-order valence-corrected chi connectivity index (χ4v) is 3.86. The molecule has 2 aromatic heterocycles. The Kier molecular flexibility index (Phi) is 4.56. The molecule has 1 fully saturated rings. The molecule has 4 rings (SSSR count). The Balaban J connectivity index is 1.45. The third kappa shape index (κ3) is 3.61. The largest absolute Gasteiger partial charge is 0.473 e. The minimum Gasteiger partial charge on any atom is -0.473 e. The molecule has 1 aromatic carbocycles. The molecule has 1 saturated heterocycles. The van der Waals surface area contributed by atoms with Crippen molar-refractivity contribution < 1.29 is 9.53 Å². The van der Waals surface area contributed by atoms with Crippen molar-refractivity contribution in [1.82, 2.24) is 20.3 Å². The van der Waals surface area contributed by atoms with Crippen LogP contribution in [0.25, 0.3) is 11.0 Å². The Morgan fingerprint density at radius 3 is 3.08 bits per heavy atom. The number of hydrogen-bond donors (Lipinski definition) is 2. The van der Waals surface area contributed by atoms with Crippen LogP contribution in [0, 0.1) is 0 Å². The third-order valence-electron chi connectivity index (χ3n) is 4.04. The van der Waals surface area contributed by atoms with Crippen LogP contribution in [-0.4, -0.2) is 38.5 Å². The highest BCUT2D eigenvalue weighted by atomic mass is 32.2. The second kappa shape index (κ2) is 7.14. The van der Waals surface area contributed by atoms with Crippen LogP contribution in [0.4, 0.5) is 0 Å². The van der Waals surface area contributed by atoms with E-state index >= 15 is 0 Å². The number of benzene rings is 1. The van der Waals surface area contributed by atoms with E-state index in [1.165, 1.54) is 0 Å². The highest BCUT2D eigenvalue weighted by Crippen LogP contribution is 2.24.